The number of carbonyl (C=O) groups is 2. The number of pyridine rings is 1. The fourth-order valence-corrected chi connectivity index (χ4v) is 6.41. The molecule has 8 heteroatoms. The van der Waals surface area contributed by atoms with Crippen LogP contribution in [-0.2, 0) is 15.0 Å². The van der Waals surface area contributed by atoms with Crippen LogP contribution in [-0.4, -0.2) is 80.3 Å². The number of rotatable bonds is 10. The van der Waals surface area contributed by atoms with Crippen LogP contribution in [0, 0.1) is 0 Å². The predicted molar refractivity (Wildman–Crippen MR) is 164 cm³/mol. The molecule has 3 aromatic rings. The molecule has 2 heterocycles. The Hall–Kier alpha value is -3.25. The summed E-state index contributed by atoms with van der Waals surface area (Å²) in [5.41, 5.74) is 2.79. The van der Waals surface area contributed by atoms with Crippen LogP contribution in [0.15, 0.2) is 72.9 Å². The van der Waals surface area contributed by atoms with Crippen LogP contribution in [0.2, 0.25) is 0 Å². The van der Waals surface area contributed by atoms with Crippen LogP contribution in [0.5, 0.6) is 11.5 Å². The molecule has 1 atom stereocenters. The maximum atomic E-state index is 12.7. The molecule has 4 rings (SSSR count). The van der Waals surface area contributed by atoms with Crippen molar-refractivity contribution < 1.29 is 14.3 Å². The Kier molecular flexibility index (Phi) is 10.3. The van der Waals surface area contributed by atoms with Crippen molar-refractivity contribution in [3.63, 3.8) is 0 Å². The third kappa shape index (κ3) is 9.16. The molecule has 1 saturated heterocycles. The topological polar surface area (TPSA) is 74.8 Å². The summed E-state index contributed by atoms with van der Waals surface area (Å²) in [6.45, 7) is 14.1. The van der Waals surface area contributed by atoms with E-state index in [1.165, 1.54) is 6.08 Å². The number of piperazine rings is 1. The van der Waals surface area contributed by atoms with Crippen molar-refractivity contribution >= 4 is 42.5 Å². The van der Waals surface area contributed by atoms with Crippen molar-refractivity contribution in [1.29, 1.82) is 0 Å². The van der Waals surface area contributed by atoms with Crippen LogP contribution in [0.1, 0.15) is 38.8 Å². The molecular weight excluding hydrogens is 563 g/mol. The molecule has 1 N–H and O–H groups in total. The summed E-state index contributed by atoms with van der Waals surface area (Å²) < 4.78 is 7.18. The fourth-order valence-electron chi connectivity index (χ4n) is 4.43. The molecule has 40 heavy (non-hydrogen) atoms. The molecule has 2 aromatic carbocycles. The predicted octanol–water partition coefficient (Wildman–Crippen LogP) is 4.05. The van der Waals surface area contributed by atoms with E-state index in [1.807, 2.05) is 48.5 Å². The molecule has 1 aliphatic rings. The summed E-state index contributed by atoms with van der Waals surface area (Å²) in [5, 5.41) is 2.94. The molecule has 7 nitrogen and oxygen atoms in total. The SMILES string of the molecule is CCN1CCN(CC(=O)[AsH]c2cc(Oc3cccc(/C=C/C(=O)Nc4cccc(C(C)(C)C)c4)c3)ccn2)CC1. The summed E-state index contributed by atoms with van der Waals surface area (Å²) >= 11 is -1.02. The van der Waals surface area contributed by atoms with E-state index in [9.17, 15) is 9.59 Å². The number of carbonyl (C=O) groups excluding carboxylic acids is 2. The normalized spacial score (nSPS) is 15.1. The van der Waals surface area contributed by atoms with Crippen molar-refractivity contribution in [2.24, 2.45) is 0 Å². The number of hydrogen-bond donors (Lipinski definition) is 1. The zero-order valence-electron chi connectivity index (χ0n) is 23.8. The van der Waals surface area contributed by atoms with Crippen LogP contribution in [0.4, 0.5) is 5.69 Å². The van der Waals surface area contributed by atoms with Gasteiger partial charge in [-0.1, -0.05) is 32.9 Å². The van der Waals surface area contributed by atoms with Crippen LogP contribution < -0.4 is 14.5 Å². The number of nitrogens with zero attached hydrogens (tertiary/aromatic N) is 3. The Morgan fingerprint density at radius 3 is 2.45 bits per heavy atom. The number of likely N-dealkylation sites (N-methyl/N-ethyl adjacent to an activating group) is 1. The minimum atomic E-state index is -1.02. The Morgan fingerprint density at radius 2 is 1.70 bits per heavy atom. The minimum absolute atomic E-state index is 0.00828. The van der Waals surface area contributed by atoms with Gasteiger partial charge in [0.05, 0.1) is 0 Å². The van der Waals surface area contributed by atoms with Crippen molar-refractivity contribution in [2.75, 3.05) is 44.6 Å². The van der Waals surface area contributed by atoms with Gasteiger partial charge in [-0.3, -0.25) is 0 Å². The van der Waals surface area contributed by atoms with E-state index in [1.54, 1.807) is 18.3 Å². The third-order valence-electron chi connectivity index (χ3n) is 6.80. The molecule has 0 saturated carbocycles. The Balaban J connectivity index is 1.31. The monoisotopic (exact) mass is 602 g/mol. The van der Waals surface area contributed by atoms with Gasteiger partial charge in [-0.05, 0) is 23.1 Å². The first-order valence-electron chi connectivity index (χ1n) is 13.8. The van der Waals surface area contributed by atoms with Gasteiger partial charge in [0, 0.05) is 0 Å². The third-order valence-corrected chi connectivity index (χ3v) is 8.82. The van der Waals surface area contributed by atoms with Gasteiger partial charge in [0.1, 0.15) is 0 Å². The zero-order chi connectivity index (χ0) is 28.5. The maximum absolute atomic E-state index is 12.7. The Morgan fingerprint density at radius 1 is 0.975 bits per heavy atom. The van der Waals surface area contributed by atoms with Gasteiger partial charge in [-0.15, -0.1) is 0 Å². The van der Waals surface area contributed by atoms with E-state index < -0.39 is 15.8 Å². The molecule has 1 fully saturated rings. The van der Waals surface area contributed by atoms with Gasteiger partial charge in [0.15, 0.2) is 0 Å². The molecule has 0 aliphatic carbocycles. The first kappa shape index (κ1) is 29.7. The number of hydrogen-bond acceptors (Lipinski definition) is 6. The first-order chi connectivity index (χ1) is 19.2. The van der Waals surface area contributed by atoms with Crippen molar-refractivity contribution in [3.8, 4) is 11.5 Å². The molecular formula is C32H39AsN4O3. The van der Waals surface area contributed by atoms with Gasteiger partial charge < -0.3 is 0 Å². The number of anilines is 1. The van der Waals surface area contributed by atoms with Crippen LogP contribution in [0.25, 0.3) is 6.08 Å². The van der Waals surface area contributed by atoms with Crippen LogP contribution in [0.3, 0.4) is 0 Å². The molecule has 210 valence electrons. The fraction of sp³-hybridized carbons (Fsp3) is 0.344. The van der Waals surface area contributed by atoms with Gasteiger partial charge in [0.25, 0.3) is 0 Å². The number of ether oxygens (including phenoxy) is 1. The van der Waals surface area contributed by atoms with E-state index in [-0.39, 0.29) is 15.9 Å². The van der Waals surface area contributed by atoms with Crippen molar-refractivity contribution in [3.05, 3.63) is 84.1 Å². The first-order valence-corrected chi connectivity index (χ1v) is 15.9. The van der Waals surface area contributed by atoms with E-state index in [2.05, 4.69) is 53.9 Å². The molecule has 0 spiro atoms. The molecule has 1 aromatic heterocycles. The van der Waals surface area contributed by atoms with Gasteiger partial charge >= 0.3 is 189 Å². The second-order valence-electron chi connectivity index (χ2n) is 11.0. The van der Waals surface area contributed by atoms with E-state index in [0.29, 0.717) is 18.0 Å². The summed E-state index contributed by atoms with van der Waals surface area (Å²) in [6, 6.07) is 19.1. The Labute approximate surface area is 244 Å². The molecule has 1 amide bonds. The summed E-state index contributed by atoms with van der Waals surface area (Å²) in [4.78, 5) is 34.4. The molecule has 1 aliphatic heterocycles. The van der Waals surface area contributed by atoms with Gasteiger partial charge in [0.2, 0.25) is 0 Å². The second kappa shape index (κ2) is 13.9. The summed E-state index contributed by atoms with van der Waals surface area (Å²) in [7, 11) is 0. The summed E-state index contributed by atoms with van der Waals surface area (Å²) in [5.74, 6) is 1.10. The summed E-state index contributed by atoms with van der Waals surface area (Å²) in [6.07, 6.45) is 4.98. The van der Waals surface area contributed by atoms with Crippen LogP contribution >= 0.6 is 0 Å². The number of benzene rings is 2. The van der Waals surface area contributed by atoms with E-state index in [0.717, 1.165) is 54.0 Å². The molecule has 1 unspecified atom stereocenters. The number of nitrogens with one attached hydrogen (secondary N) is 1. The zero-order valence-corrected chi connectivity index (χ0v) is 25.9. The van der Waals surface area contributed by atoms with Gasteiger partial charge in [-0.25, -0.2) is 0 Å². The van der Waals surface area contributed by atoms with E-state index in [4.69, 9.17) is 4.74 Å². The second-order valence-corrected chi connectivity index (χ2v) is 13.7. The Bertz CT molecular complexity index is 1340. The standard InChI is InChI=1S/C32H39AsN4O3/c1-5-36-16-18-37(19-17-36)23-30(38)33-29-22-28(14-15-34-29)40-27-11-6-8-24(20-27)12-13-31(39)35-26-10-7-9-25(21-26)32(2,3)4/h6-15,20-22,33H,5,16-19,23H2,1-4H3,(H,35,39)/b13-12+. The van der Waals surface area contributed by atoms with E-state index >= 15 is 0 Å². The number of amides is 1. The average Bonchev–Trinajstić information content (AvgIpc) is 2.92. The molecule has 0 bridgehead atoms. The quantitative estimate of drug-likeness (QED) is 0.279. The molecule has 0 radical (unpaired) electrons. The average molecular weight is 603 g/mol. The number of aromatic nitrogens is 1. The van der Waals surface area contributed by atoms with Crippen molar-refractivity contribution in [1.82, 2.24) is 14.8 Å². The van der Waals surface area contributed by atoms with Crippen molar-refractivity contribution in [2.45, 2.75) is 33.1 Å². The van der Waals surface area contributed by atoms with Gasteiger partial charge in [-0.2, -0.15) is 0 Å².